The quantitative estimate of drug-likeness (QED) is 0.701. The Bertz CT molecular complexity index is 1110. The molecule has 1 atom stereocenters. The molecule has 1 N–H and O–H groups in total. The van der Waals surface area contributed by atoms with Gasteiger partial charge in [-0.1, -0.05) is 48.9 Å². The molecule has 0 saturated heterocycles. The van der Waals surface area contributed by atoms with Crippen LogP contribution in [-0.2, 0) is 26.2 Å². The van der Waals surface area contributed by atoms with Gasteiger partial charge < -0.3 is 10.2 Å². The molecule has 9 heteroatoms. The zero-order valence-electron chi connectivity index (χ0n) is 17.7. The zero-order valence-corrected chi connectivity index (χ0v) is 18.5. The summed E-state index contributed by atoms with van der Waals surface area (Å²) in [4.78, 5) is 39.6. The molecule has 3 amide bonds. The van der Waals surface area contributed by atoms with Gasteiger partial charge in [0.05, 0.1) is 5.56 Å². The molecule has 1 aliphatic rings. The first-order valence-electron chi connectivity index (χ1n) is 9.93. The van der Waals surface area contributed by atoms with E-state index in [1.54, 1.807) is 13.0 Å². The Balaban J connectivity index is 1.92. The van der Waals surface area contributed by atoms with Crippen LogP contribution >= 0.6 is 0 Å². The first-order valence-corrected chi connectivity index (χ1v) is 11.4. The summed E-state index contributed by atoms with van der Waals surface area (Å²) in [6.45, 7) is 3.14. The highest BCUT2D eigenvalue weighted by molar-refractivity contribution is 7.90. The number of aryl methyl sites for hydroxylation is 1. The van der Waals surface area contributed by atoms with Gasteiger partial charge in [0.2, 0.25) is 11.8 Å². The molecular weight excluding hydrogens is 418 g/mol. The smallest absolute Gasteiger partial charge is 0.269 e. The molecule has 0 bridgehead atoms. The SMILES string of the molecule is CCC(C(=O)NC)N(Cc1ccc(C)cc1)C(=O)CN1C(=O)c2ccccc2S1(=O)=O. The standard InChI is InChI=1S/C22H25N3O5S/c1-4-18(21(27)23-3)24(13-16-11-9-15(2)10-12-16)20(26)14-25-22(28)17-7-5-6-8-19(17)31(25,29)30/h5-12,18H,4,13-14H2,1-3H3,(H,23,27). The van der Waals surface area contributed by atoms with Crippen LogP contribution < -0.4 is 5.32 Å². The Morgan fingerprint density at radius 2 is 1.74 bits per heavy atom. The zero-order chi connectivity index (χ0) is 22.8. The highest BCUT2D eigenvalue weighted by Gasteiger charge is 2.43. The maximum atomic E-state index is 13.3. The first-order chi connectivity index (χ1) is 14.7. The van der Waals surface area contributed by atoms with Crippen molar-refractivity contribution in [1.82, 2.24) is 14.5 Å². The average Bonchev–Trinajstić information content (AvgIpc) is 2.95. The van der Waals surface area contributed by atoms with Crippen LogP contribution in [0, 0.1) is 6.92 Å². The van der Waals surface area contributed by atoms with E-state index in [-0.39, 0.29) is 22.9 Å². The third kappa shape index (κ3) is 4.32. The Labute approximate surface area is 181 Å². The van der Waals surface area contributed by atoms with Gasteiger partial charge in [0.25, 0.3) is 15.9 Å². The van der Waals surface area contributed by atoms with Gasteiger partial charge >= 0.3 is 0 Å². The first kappa shape index (κ1) is 22.5. The molecule has 1 unspecified atom stereocenters. The van der Waals surface area contributed by atoms with Crippen molar-refractivity contribution in [2.75, 3.05) is 13.6 Å². The predicted molar refractivity (Wildman–Crippen MR) is 115 cm³/mol. The number of nitrogens with one attached hydrogen (secondary N) is 1. The van der Waals surface area contributed by atoms with Gasteiger partial charge in [-0.25, -0.2) is 12.7 Å². The van der Waals surface area contributed by atoms with E-state index in [4.69, 9.17) is 0 Å². The van der Waals surface area contributed by atoms with Gasteiger partial charge in [0, 0.05) is 13.6 Å². The lowest BCUT2D eigenvalue weighted by molar-refractivity contribution is -0.141. The van der Waals surface area contributed by atoms with Crippen LogP contribution in [0.2, 0.25) is 0 Å². The van der Waals surface area contributed by atoms with E-state index in [2.05, 4.69) is 5.32 Å². The van der Waals surface area contributed by atoms with Crippen LogP contribution in [0.4, 0.5) is 0 Å². The highest BCUT2D eigenvalue weighted by atomic mass is 32.2. The van der Waals surface area contributed by atoms with E-state index in [1.807, 2.05) is 31.2 Å². The molecule has 0 radical (unpaired) electrons. The summed E-state index contributed by atoms with van der Waals surface area (Å²) in [5, 5.41) is 2.55. The minimum Gasteiger partial charge on any atom is -0.357 e. The molecule has 0 aliphatic carbocycles. The molecule has 31 heavy (non-hydrogen) atoms. The number of amides is 3. The highest BCUT2D eigenvalue weighted by Crippen LogP contribution is 2.30. The lowest BCUT2D eigenvalue weighted by atomic mass is 10.1. The number of carbonyl (C=O) groups excluding carboxylic acids is 3. The van der Waals surface area contributed by atoms with Crippen LogP contribution in [0.5, 0.6) is 0 Å². The van der Waals surface area contributed by atoms with Gasteiger partial charge in [-0.15, -0.1) is 0 Å². The van der Waals surface area contributed by atoms with E-state index in [0.29, 0.717) is 10.7 Å². The molecule has 164 valence electrons. The second-order valence-corrected chi connectivity index (χ2v) is 9.19. The van der Waals surface area contributed by atoms with Gasteiger partial charge in [-0.3, -0.25) is 14.4 Å². The third-order valence-corrected chi connectivity index (χ3v) is 7.08. The van der Waals surface area contributed by atoms with Gasteiger partial charge in [-0.05, 0) is 31.0 Å². The van der Waals surface area contributed by atoms with Crippen LogP contribution in [-0.4, -0.2) is 55.0 Å². The summed E-state index contributed by atoms with van der Waals surface area (Å²) >= 11 is 0. The number of likely N-dealkylation sites (N-methyl/N-ethyl adjacent to an activating group) is 1. The Hall–Kier alpha value is -3.20. The number of carbonyl (C=O) groups is 3. The summed E-state index contributed by atoms with van der Waals surface area (Å²) in [7, 11) is -2.65. The number of fused-ring (bicyclic) bond motifs is 1. The normalized spacial score (nSPS) is 15.3. The molecule has 2 aromatic carbocycles. The van der Waals surface area contributed by atoms with Crippen molar-refractivity contribution >= 4 is 27.7 Å². The van der Waals surface area contributed by atoms with E-state index in [9.17, 15) is 22.8 Å². The topological polar surface area (TPSA) is 104 Å². The molecule has 0 spiro atoms. The number of sulfonamides is 1. The number of rotatable bonds is 7. The number of nitrogens with zero attached hydrogens (tertiary/aromatic N) is 2. The molecule has 0 saturated carbocycles. The van der Waals surface area contributed by atoms with Gasteiger partial charge in [-0.2, -0.15) is 0 Å². The number of hydrogen-bond acceptors (Lipinski definition) is 5. The van der Waals surface area contributed by atoms with E-state index < -0.39 is 34.4 Å². The Morgan fingerprint density at radius 3 is 2.32 bits per heavy atom. The van der Waals surface area contributed by atoms with Crippen molar-refractivity contribution in [3.63, 3.8) is 0 Å². The molecular formula is C22H25N3O5S. The van der Waals surface area contributed by atoms with E-state index in [0.717, 1.165) is 11.1 Å². The lowest BCUT2D eigenvalue weighted by Gasteiger charge is -2.31. The summed E-state index contributed by atoms with van der Waals surface area (Å²) < 4.78 is 26.2. The fourth-order valence-corrected chi connectivity index (χ4v) is 5.10. The van der Waals surface area contributed by atoms with Crippen molar-refractivity contribution in [2.45, 2.75) is 37.8 Å². The van der Waals surface area contributed by atoms with E-state index in [1.165, 1.54) is 30.1 Å². The fourth-order valence-electron chi connectivity index (χ4n) is 3.58. The lowest BCUT2D eigenvalue weighted by Crippen LogP contribution is -2.51. The minimum atomic E-state index is -4.13. The van der Waals surface area contributed by atoms with Gasteiger partial charge in [0.1, 0.15) is 17.5 Å². The van der Waals surface area contributed by atoms with Crippen molar-refractivity contribution in [3.05, 3.63) is 65.2 Å². The van der Waals surface area contributed by atoms with Crippen LogP contribution in [0.15, 0.2) is 53.4 Å². The second-order valence-electron chi connectivity index (χ2n) is 7.36. The van der Waals surface area contributed by atoms with Crippen LogP contribution in [0.3, 0.4) is 0 Å². The number of hydrogen-bond donors (Lipinski definition) is 1. The van der Waals surface area contributed by atoms with Crippen molar-refractivity contribution in [2.24, 2.45) is 0 Å². The Morgan fingerprint density at radius 1 is 1.10 bits per heavy atom. The summed E-state index contributed by atoms with van der Waals surface area (Å²) in [6.07, 6.45) is 0.332. The van der Waals surface area contributed by atoms with Crippen molar-refractivity contribution in [3.8, 4) is 0 Å². The maximum absolute atomic E-state index is 13.3. The molecule has 3 rings (SSSR count). The monoisotopic (exact) mass is 443 g/mol. The molecule has 0 aromatic heterocycles. The van der Waals surface area contributed by atoms with Crippen LogP contribution in [0.25, 0.3) is 0 Å². The molecule has 2 aromatic rings. The molecule has 0 fully saturated rings. The summed E-state index contributed by atoms with van der Waals surface area (Å²) in [5.74, 6) is -1.73. The van der Waals surface area contributed by atoms with E-state index >= 15 is 0 Å². The van der Waals surface area contributed by atoms with Crippen molar-refractivity contribution < 1.29 is 22.8 Å². The second kappa shape index (κ2) is 8.89. The van der Waals surface area contributed by atoms with Crippen molar-refractivity contribution in [1.29, 1.82) is 0 Å². The van der Waals surface area contributed by atoms with Gasteiger partial charge in [0.15, 0.2) is 0 Å². The summed E-state index contributed by atoms with van der Waals surface area (Å²) in [6, 6.07) is 12.5. The van der Waals surface area contributed by atoms with Crippen LogP contribution in [0.1, 0.15) is 34.8 Å². The average molecular weight is 444 g/mol. The largest absolute Gasteiger partial charge is 0.357 e. The predicted octanol–water partition coefficient (Wildman–Crippen LogP) is 1.69. The molecule has 1 aliphatic heterocycles. The maximum Gasteiger partial charge on any atom is 0.269 e. The third-order valence-electron chi connectivity index (χ3n) is 5.30. The number of benzene rings is 2. The fraction of sp³-hybridized carbons (Fsp3) is 0.318. The minimum absolute atomic E-state index is 0.0405. The Kier molecular flexibility index (Phi) is 6.45. The molecule has 8 nitrogen and oxygen atoms in total. The molecule has 1 heterocycles. The summed E-state index contributed by atoms with van der Waals surface area (Å²) in [5.41, 5.74) is 1.88.